The third-order valence-corrected chi connectivity index (χ3v) is 3.89. The second-order valence-corrected chi connectivity index (χ2v) is 6.01. The van der Waals surface area contributed by atoms with Crippen molar-refractivity contribution in [2.45, 2.75) is 26.3 Å². The third kappa shape index (κ3) is 4.53. The Bertz CT molecular complexity index is 922. The number of carbonyl (C=O) groups excluding carboxylic acids is 1. The molecule has 2 aromatic carbocycles. The average Bonchev–Trinajstić information content (AvgIpc) is 3.07. The topological polar surface area (TPSA) is 55.1 Å². The van der Waals surface area contributed by atoms with Crippen LogP contribution in [0.3, 0.4) is 0 Å². The molecule has 1 N–H and O–H groups in total. The molecule has 0 saturated heterocycles. The standard InChI is InChI=1S/C20H18F2N2O2/c1-13-3-2-4-14(9-13)11-23-19(25)7-8-20-24-12-18(26-20)16-6-5-15(21)10-17(16)22/h2-6,9-10,12H,7-8,11H2,1H3,(H,23,25). The number of nitrogens with one attached hydrogen (secondary N) is 1. The predicted octanol–water partition coefficient (Wildman–Crippen LogP) is 4.18. The summed E-state index contributed by atoms with van der Waals surface area (Å²) in [6.45, 7) is 2.45. The molecular formula is C20H18F2N2O2. The molecule has 1 amide bonds. The molecule has 0 spiro atoms. The number of benzene rings is 2. The molecule has 0 aliphatic carbocycles. The summed E-state index contributed by atoms with van der Waals surface area (Å²) in [6.07, 6.45) is 1.87. The van der Waals surface area contributed by atoms with Gasteiger partial charge in [-0.3, -0.25) is 4.79 Å². The lowest BCUT2D eigenvalue weighted by atomic mass is 10.1. The second-order valence-electron chi connectivity index (χ2n) is 6.01. The van der Waals surface area contributed by atoms with Crippen molar-refractivity contribution in [2.24, 2.45) is 0 Å². The van der Waals surface area contributed by atoms with E-state index in [4.69, 9.17) is 4.42 Å². The zero-order valence-electron chi connectivity index (χ0n) is 14.3. The fraction of sp³-hybridized carbons (Fsp3) is 0.200. The number of carbonyl (C=O) groups is 1. The van der Waals surface area contributed by atoms with Crippen LogP contribution in [-0.4, -0.2) is 10.9 Å². The first kappa shape index (κ1) is 17.8. The Labute approximate surface area is 149 Å². The number of oxazole rings is 1. The molecule has 0 atom stereocenters. The Balaban J connectivity index is 1.53. The van der Waals surface area contributed by atoms with Crippen LogP contribution in [0.15, 0.2) is 53.1 Å². The average molecular weight is 356 g/mol. The van der Waals surface area contributed by atoms with Crippen molar-refractivity contribution in [3.8, 4) is 11.3 Å². The summed E-state index contributed by atoms with van der Waals surface area (Å²) in [5, 5.41) is 2.84. The molecule has 0 aliphatic rings. The molecule has 1 aromatic heterocycles. The van der Waals surface area contributed by atoms with Gasteiger partial charge in [-0.05, 0) is 24.6 Å². The molecule has 3 aromatic rings. The van der Waals surface area contributed by atoms with Crippen LogP contribution in [0.1, 0.15) is 23.4 Å². The number of hydrogen-bond donors (Lipinski definition) is 1. The van der Waals surface area contributed by atoms with E-state index in [1.54, 1.807) is 0 Å². The van der Waals surface area contributed by atoms with Crippen molar-refractivity contribution in [3.63, 3.8) is 0 Å². The number of nitrogens with zero attached hydrogens (tertiary/aromatic N) is 1. The van der Waals surface area contributed by atoms with Crippen molar-refractivity contribution in [3.05, 3.63) is 77.3 Å². The Morgan fingerprint density at radius 2 is 2.04 bits per heavy atom. The first-order valence-corrected chi connectivity index (χ1v) is 8.23. The molecule has 6 heteroatoms. The Kier molecular flexibility index (Phi) is 5.41. The van der Waals surface area contributed by atoms with Gasteiger partial charge in [-0.1, -0.05) is 29.8 Å². The largest absolute Gasteiger partial charge is 0.441 e. The Morgan fingerprint density at radius 1 is 1.19 bits per heavy atom. The number of aromatic nitrogens is 1. The summed E-state index contributed by atoms with van der Waals surface area (Å²) in [5.74, 6) is -0.966. The van der Waals surface area contributed by atoms with Crippen LogP contribution in [0.5, 0.6) is 0 Å². The smallest absolute Gasteiger partial charge is 0.220 e. The summed E-state index contributed by atoms with van der Waals surface area (Å²) in [4.78, 5) is 16.0. The number of amides is 1. The van der Waals surface area contributed by atoms with Crippen molar-refractivity contribution in [1.82, 2.24) is 10.3 Å². The van der Waals surface area contributed by atoms with Crippen molar-refractivity contribution >= 4 is 5.91 Å². The monoisotopic (exact) mass is 356 g/mol. The Morgan fingerprint density at radius 3 is 2.81 bits per heavy atom. The van der Waals surface area contributed by atoms with E-state index in [-0.39, 0.29) is 23.7 Å². The molecule has 0 saturated carbocycles. The maximum absolute atomic E-state index is 13.8. The van der Waals surface area contributed by atoms with Crippen LogP contribution >= 0.6 is 0 Å². The number of halogens is 2. The highest BCUT2D eigenvalue weighted by Crippen LogP contribution is 2.24. The zero-order valence-corrected chi connectivity index (χ0v) is 14.3. The number of rotatable bonds is 6. The second kappa shape index (κ2) is 7.91. The van der Waals surface area contributed by atoms with Crippen LogP contribution in [0.2, 0.25) is 0 Å². The van der Waals surface area contributed by atoms with Crippen LogP contribution in [0.25, 0.3) is 11.3 Å². The van der Waals surface area contributed by atoms with Crippen LogP contribution in [0.4, 0.5) is 8.78 Å². The normalized spacial score (nSPS) is 10.7. The molecule has 0 bridgehead atoms. The number of aryl methyl sites for hydroxylation is 2. The summed E-state index contributed by atoms with van der Waals surface area (Å²) in [6, 6.07) is 11.1. The minimum atomic E-state index is -0.719. The third-order valence-electron chi connectivity index (χ3n) is 3.89. The summed E-state index contributed by atoms with van der Waals surface area (Å²) in [7, 11) is 0. The lowest BCUT2D eigenvalue weighted by molar-refractivity contribution is -0.121. The van der Waals surface area contributed by atoms with Gasteiger partial charge in [0.2, 0.25) is 5.91 Å². The first-order chi connectivity index (χ1) is 12.5. The molecule has 0 radical (unpaired) electrons. The highest BCUT2D eigenvalue weighted by molar-refractivity contribution is 5.76. The van der Waals surface area contributed by atoms with Gasteiger partial charge in [0, 0.05) is 25.5 Å². The van der Waals surface area contributed by atoms with Gasteiger partial charge < -0.3 is 9.73 Å². The van der Waals surface area contributed by atoms with Crippen molar-refractivity contribution < 1.29 is 18.0 Å². The molecule has 4 nitrogen and oxygen atoms in total. The minimum absolute atomic E-state index is 0.126. The van der Waals surface area contributed by atoms with Crippen LogP contribution < -0.4 is 5.32 Å². The minimum Gasteiger partial charge on any atom is -0.441 e. The first-order valence-electron chi connectivity index (χ1n) is 8.23. The fourth-order valence-corrected chi connectivity index (χ4v) is 2.57. The van der Waals surface area contributed by atoms with E-state index in [0.717, 1.165) is 23.3 Å². The van der Waals surface area contributed by atoms with Gasteiger partial charge in [0.15, 0.2) is 11.7 Å². The van der Waals surface area contributed by atoms with Gasteiger partial charge in [0.05, 0.1) is 11.8 Å². The molecule has 0 aliphatic heterocycles. The quantitative estimate of drug-likeness (QED) is 0.721. The van der Waals surface area contributed by atoms with Gasteiger partial charge in [0.25, 0.3) is 0 Å². The lowest BCUT2D eigenvalue weighted by Crippen LogP contribution is -2.23. The zero-order chi connectivity index (χ0) is 18.5. The number of hydrogen-bond acceptors (Lipinski definition) is 3. The van der Waals surface area contributed by atoms with Crippen LogP contribution in [0, 0.1) is 18.6 Å². The van der Waals surface area contributed by atoms with E-state index in [0.29, 0.717) is 18.9 Å². The van der Waals surface area contributed by atoms with E-state index in [1.165, 1.54) is 12.3 Å². The van der Waals surface area contributed by atoms with Gasteiger partial charge in [-0.2, -0.15) is 0 Å². The van der Waals surface area contributed by atoms with Crippen molar-refractivity contribution in [2.75, 3.05) is 0 Å². The molecule has 3 rings (SSSR count). The van der Waals surface area contributed by atoms with E-state index >= 15 is 0 Å². The van der Waals surface area contributed by atoms with E-state index in [2.05, 4.69) is 10.3 Å². The summed E-state index contributed by atoms with van der Waals surface area (Å²) < 4.78 is 32.2. The maximum atomic E-state index is 13.8. The van der Waals surface area contributed by atoms with E-state index in [1.807, 2.05) is 31.2 Å². The Hall–Kier alpha value is -3.02. The van der Waals surface area contributed by atoms with E-state index < -0.39 is 11.6 Å². The van der Waals surface area contributed by atoms with Crippen molar-refractivity contribution in [1.29, 1.82) is 0 Å². The highest BCUT2D eigenvalue weighted by atomic mass is 19.1. The molecule has 0 unspecified atom stereocenters. The molecular weight excluding hydrogens is 338 g/mol. The predicted molar refractivity (Wildman–Crippen MR) is 93.2 cm³/mol. The molecule has 26 heavy (non-hydrogen) atoms. The SMILES string of the molecule is Cc1cccc(CNC(=O)CCc2ncc(-c3ccc(F)cc3F)o2)c1. The van der Waals surface area contributed by atoms with Gasteiger partial charge in [0.1, 0.15) is 11.6 Å². The van der Waals surface area contributed by atoms with E-state index in [9.17, 15) is 13.6 Å². The van der Waals surface area contributed by atoms with Gasteiger partial charge >= 0.3 is 0 Å². The highest BCUT2D eigenvalue weighted by Gasteiger charge is 2.13. The maximum Gasteiger partial charge on any atom is 0.220 e. The summed E-state index contributed by atoms with van der Waals surface area (Å²) in [5.41, 5.74) is 2.30. The molecule has 134 valence electrons. The fourth-order valence-electron chi connectivity index (χ4n) is 2.57. The van der Waals surface area contributed by atoms with Crippen LogP contribution in [-0.2, 0) is 17.8 Å². The van der Waals surface area contributed by atoms with Gasteiger partial charge in [-0.25, -0.2) is 13.8 Å². The van der Waals surface area contributed by atoms with Gasteiger partial charge in [-0.15, -0.1) is 0 Å². The summed E-state index contributed by atoms with van der Waals surface area (Å²) >= 11 is 0. The molecule has 1 heterocycles. The lowest BCUT2D eigenvalue weighted by Gasteiger charge is -2.05. The molecule has 0 fully saturated rings.